The lowest BCUT2D eigenvalue weighted by Crippen LogP contribution is -3.14. The second-order valence-electron chi connectivity index (χ2n) is 7.93. The smallest absolute Gasteiger partial charge is 0.254 e. The van der Waals surface area contributed by atoms with Crippen molar-refractivity contribution >= 4 is 5.91 Å². The molecule has 0 bridgehead atoms. The van der Waals surface area contributed by atoms with Crippen molar-refractivity contribution in [2.24, 2.45) is 5.92 Å². The number of fused-ring (bicyclic) bond motifs is 1. The molecule has 0 radical (unpaired) electrons. The van der Waals surface area contributed by atoms with Gasteiger partial charge in [-0.2, -0.15) is 0 Å². The molecule has 146 valence electrons. The lowest BCUT2D eigenvalue weighted by Gasteiger charge is -2.31. The van der Waals surface area contributed by atoms with E-state index in [2.05, 4.69) is 17.1 Å². The fourth-order valence-corrected chi connectivity index (χ4v) is 4.31. The number of morpholine rings is 1. The second-order valence-corrected chi connectivity index (χ2v) is 7.93. The number of hydrogen-bond acceptors (Lipinski definition) is 3. The molecule has 5 heteroatoms. The van der Waals surface area contributed by atoms with Crippen LogP contribution in [0.3, 0.4) is 0 Å². The highest BCUT2D eigenvalue weighted by Gasteiger charge is 2.24. The number of nitrogens with zero attached hydrogens (tertiary/aromatic N) is 1. The third-order valence-electron chi connectivity index (χ3n) is 6.02. The molecule has 1 saturated heterocycles. The monoisotopic (exact) mass is 371 g/mol. The van der Waals surface area contributed by atoms with Crippen LogP contribution >= 0.6 is 0 Å². The van der Waals surface area contributed by atoms with Gasteiger partial charge in [-0.25, -0.2) is 0 Å². The lowest BCUT2D eigenvalue weighted by atomic mass is 9.93. The number of carbonyl (C=O) groups is 1. The quantitative estimate of drug-likeness (QED) is 0.768. The van der Waals surface area contributed by atoms with E-state index in [0.29, 0.717) is 5.92 Å². The van der Waals surface area contributed by atoms with Crippen molar-refractivity contribution in [1.29, 1.82) is 0 Å². The van der Waals surface area contributed by atoms with Crippen molar-refractivity contribution in [3.05, 3.63) is 41.5 Å². The maximum absolute atomic E-state index is 13.3. The first-order valence-corrected chi connectivity index (χ1v) is 10.4. The third kappa shape index (κ3) is 4.71. The molecule has 4 rings (SSSR count). The molecule has 27 heavy (non-hydrogen) atoms. The first kappa shape index (κ1) is 18.5. The highest BCUT2D eigenvalue weighted by molar-refractivity contribution is 5.94. The maximum atomic E-state index is 13.3. The second kappa shape index (κ2) is 8.89. The highest BCUT2D eigenvalue weighted by Crippen LogP contribution is 2.27. The molecule has 1 atom stereocenters. The van der Waals surface area contributed by atoms with Crippen LogP contribution in [0.25, 0.3) is 0 Å². The predicted octanol–water partition coefficient (Wildman–Crippen LogP) is 1.34. The Morgan fingerprint density at radius 2 is 2.07 bits per heavy atom. The first-order valence-electron chi connectivity index (χ1n) is 10.4. The Hall–Kier alpha value is -1.85. The van der Waals surface area contributed by atoms with Gasteiger partial charge >= 0.3 is 0 Å². The van der Waals surface area contributed by atoms with Crippen molar-refractivity contribution < 1.29 is 19.2 Å². The van der Waals surface area contributed by atoms with E-state index in [4.69, 9.17) is 9.47 Å². The number of nitrogens with one attached hydrogen (secondary N) is 1. The number of rotatable bonds is 6. The van der Waals surface area contributed by atoms with Gasteiger partial charge in [-0.1, -0.05) is 12.2 Å². The number of carbonyl (C=O) groups excluding carboxylic acids is 1. The van der Waals surface area contributed by atoms with Crippen LogP contribution in [0.4, 0.5) is 0 Å². The van der Waals surface area contributed by atoms with Gasteiger partial charge in [0.1, 0.15) is 18.8 Å². The molecule has 1 aliphatic carbocycles. The SMILES string of the molecule is O=C(c1ccc2c(c1)CCO2)N(CC[NH+]1CCOCC1)C[C@H]1CC=CCC1. The zero-order chi connectivity index (χ0) is 18.5. The van der Waals surface area contributed by atoms with Gasteiger partial charge in [0.2, 0.25) is 0 Å². The molecular weight excluding hydrogens is 340 g/mol. The Balaban J connectivity index is 1.45. The summed E-state index contributed by atoms with van der Waals surface area (Å²) in [5.74, 6) is 1.69. The molecule has 0 saturated carbocycles. The van der Waals surface area contributed by atoms with Crippen LogP contribution in [-0.4, -0.2) is 63.4 Å². The van der Waals surface area contributed by atoms with Crippen LogP contribution in [0.5, 0.6) is 5.75 Å². The summed E-state index contributed by atoms with van der Waals surface area (Å²) >= 11 is 0. The van der Waals surface area contributed by atoms with Crippen molar-refractivity contribution in [1.82, 2.24) is 4.90 Å². The highest BCUT2D eigenvalue weighted by atomic mass is 16.5. The van der Waals surface area contributed by atoms with Gasteiger partial charge in [-0.05, 0) is 48.9 Å². The maximum Gasteiger partial charge on any atom is 0.254 e. The molecular formula is C22H31N2O3+. The molecule has 3 aliphatic rings. The minimum Gasteiger partial charge on any atom is -0.493 e. The normalized spacial score (nSPS) is 22.3. The molecule has 0 aromatic heterocycles. The van der Waals surface area contributed by atoms with Crippen molar-refractivity contribution in [2.45, 2.75) is 25.7 Å². The van der Waals surface area contributed by atoms with Crippen LogP contribution < -0.4 is 9.64 Å². The fourth-order valence-electron chi connectivity index (χ4n) is 4.31. The van der Waals surface area contributed by atoms with E-state index >= 15 is 0 Å². The molecule has 5 nitrogen and oxygen atoms in total. The third-order valence-corrected chi connectivity index (χ3v) is 6.02. The number of allylic oxidation sites excluding steroid dienone is 2. The van der Waals surface area contributed by atoms with Gasteiger partial charge in [-0.15, -0.1) is 0 Å². The Kier molecular flexibility index (Phi) is 6.10. The summed E-state index contributed by atoms with van der Waals surface area (Å²) in [6, 6.07) is 5.94. The van der Waals surface area contributed by atoms with Gasteiger partial charge in [0.25, 0.3) is 5.91 Å². The van der Waals surface area contributed by atoms with Crippen LogP contribution in [-0.2, 0) is 11.2 Å². The number of ether oxygens (including phenoxy) is 2. The minimum atomic E-state index is 0.173. The summed E-state index contributed by atoms with van der Waals surface area (Å²) in [6.07, 6.45) is 8.85. The lowest BCUT2D eigenvalue weighted by molar-refractivity contribution is -0.907. The molecule has 2 aliphatic heterocycles. The van der Waals surface area contributed by atoms with E-state index in [-0.39, 0.29) is 5.91 Å². The van der Waals surface area contributed by atoms with Gasteiger partial charge in [0, 0.05) is 18.5 Å². The largest absolute Gasteiger partial charge is 0.493 e. The Morgan fingerprint density at radius 3 is 2.89 bits per heavy atom. The molecule has 1 amide bonds. The van der Waals surface area contributed by atoms with Gasteiger partial charge in [-0.3, -0.25) is 4.79 Å². The zero-order valence-corrected chi connectivity index (χ0v) is 16.1. The number of benzene rings is 1. The van der Waals surface area contributed by atoms with E-state index < -0.39 is 0 Å². The summed E-state index contributed by atoms with van der Waals surface area (Å²) in [4.78, 5) is 17.0. The molecule has 1 N–H and O–H groups in total. The summed E-state index contributed by atoms with van der Waals surface area (Å²) < 4.78 is 11.1. The Bertz CT molecular complexity index is 682. The van der Waals surface area contributed by atoms with E-state index in [1.807, 2.05) is 18.2 Å². The predicted molar refractivity (Wildman–Crippen MR) is 104 cm³/mol. The van der Waals surface area contributed by atoms with Gasteiger partial charge < -0.3 is 19.3 Å². The first-order chi connectivity index (χ1) is 13.3. The van der Waals surface area contributed by atoms with Crippen LogP contribution in [0.2, 0.25) is 0 Å². The van der Waals surface area contributed by atoms with E-state index in [9.17, 15) is 4.79 Å². The standard InChI is InChI=1S/C22H30N2O3/c25-22(20-6-7-21-19(16-20)8-13-27-21)24(17-18-4-2-1-3-5-18)10-9-23-11-14-26-15-12-23/h1-2,6-7,16,18H,3-5,8-15,17H2/p+1/t18-/m0/s1. The van der Waals surface area contributed by atoms with Crippen molar-refractivity contribution in [3.63, 3.8) is 0 Å². The summed E-state index contributed by atoms with van der Waals surface area (Å²) in [5.41, 5.74) is 1.97. The van der Waals surface area contributed by atoms with E-state index in [0.717, 1.165) is 83.1 Å². The Morgan fingerprint density at radius 1 is 1.19 bits per heavy atom. The van der Waals surface area contributed by atoms with E-state index in [1.54, 1.807) is 4.90 Å². The molecule has 1 fully saturated rings. The number of hydrogen-bond donors (Lipinski definition) is 1. The Labute approximate surface area is 161 Å². The number of quaternary nitrogens is 1. The average Bonchev–Trinajstić information content (AvgIpc) is 3.20. The van der Waals surface area contributed by atoms with Crippen molar-refractivity contribution in [3.8, 4) is 5.75 Å². The summed E-state index contributed by atoms with van der Waals surface area (Å²) in [6.45, 7) is 7.18. The molecule has 0 spiro atoms. The zero-order valence-electron chi connectivity index (χ0n) is 16.1. The molecule has 0 unspecified atom stereocenters. The summed E-state index contributed by atoms with van der Waals surface area (Å²) in [5, 5.41) is 0. The summed E-state index contributed by atoms with van der Waals surface area (Å²) in [7, 11) is 0. The van der Waals surface area contributed by atoms with Crippen molar-refractivity contribution in [2.75, 3.05) is 52.5 Å². The topological polar surface area (TPSA) is 43.2 Å². The van der Waals surface area contributed by atoms with Gasteiger partial charge in [0.05, 0.1) is 32.9 Å². The van der Waals surface area contributed by atoms with Gasteiger partial charge in [0.15, 0.2) is 0 Å². The van der Waals surface area contributed by atoms with Crippen LogP contribution in [0.15, 0.2) is 30.4 Å². The molecule has 1 aromatic carbocycles. The molecule has 1 aromatic rings. The minimum absolute atomic E-state index is 0.173. The fraction of sp³-hybridized carbons (Fsp3) is 0.591. The number of amides is 1. The van der Waals surface area contributed by atoms with E-state index in [1.165, 1.54) is 12.0 Å². The van der Waals surface area contributed by atoms with Crippen LogP contribution in [0, 0.1) is 5.92 Å². The average molecular weight is 372 g/mol. The van der Waals surface area contributed by atoms with Crippen LogP contribution in [0.1, 0.15) is 35.2 Å². The molecule has 2 heterocycles.